The zero-order valence-electron chi connectivity index (χ0n) is 14.2. The molecule has 0 radical (unpaired) electrons. The number of ether oxygens (including phenoxy) is 1. The molecular weight excluding hydrogens is 348 g/mol. The molecule has 0 spiro atoms. The fraction of sp³-hybridized carbons (Fsp3) is 0.150. The minimum atomic E-state index is 0.627. The molecule has 6 heteroatoms. The molecule has 0 unspecified atom stereocenters. The van der Waals surface area contributed by atoms with Crippen LogP contribution in [0.1, 0.15) is 22.5 Å². The fourth-order valence-corrected chi connectivity index (χ4v) is 3.14. The Morgan fingerprint density at radius 2 is 1.81 bits per heavy atom. The topological polar surface area (TPSA) is 63.7 Å². The molecule has 0 atom stereocenters. The van der Waals surface area contributed by atoms with Gasteiger partial charge in [0.1, 0.15) is 17.2 Å². The van der Waals surface area contributed by atoms with E-state index < -0.39 is 0 Å². The molecule has 26 heavy (non-hydrogen) atoms. The van der Waals surface area contributed by atoms with Crippen molar-refractivity contribution < 1.29 is 4.74 Å². The van der Waals surface area contributed by atoms with E-state index in [1.54, 1.807) is 13.3 Å². The van der Waals surface area contributed by atoms with Crippen molar-refractivity contribution >= 4 is 22.6 Å². The van der Waals surface area contributed by atoms with Crippen LogP contribution in [0, 0.1) is 0 Å². The van der Waals surface area contributed by atoms with E-state index in [0.29, 0.717) is 11.4 Å². The molecule has 3 aromatic heterocycles. The van der Waals surface area contributed by atoms with Crippen LogP contribution in [0.2, 0.25) is 5.02 Å². The maximum Gasteiger partial charge on any atom is 0.137 e. The number of pyridine rings is 1. The number of halogens is 1. The lowest BCUT2D eigenvalue weighted by Crippen LogP contribution is -2.00. The number of rotatable bonds is 5. The lowest BCUT2D eigenvalue weighted by Gasteiger charge is -2.07. The number of fused-ring (bicyclic) bond motifs is 1. The molecule has 0 aliphatic carbocycles. The Balaban J connectivity index is 1.53. The first-order valence-corrected chi connectivity index (χ1v) is 8.64. The highest BCUT2D eigenvalue weighted by Gasteiger charge is 2.09. The van der Waals surface area contributed by atoms with E-state index in [4.69, 9.17) is 16.3 Å². The molecule has 0 fully saturated rings. The number of hydrogen-bond donors (Lipinski definition) is 1. The quantitative estimate of drug-likeness (QED) is 0.576. The number of para-hydroxylation sites is 1. The SMILES string of the molecule is COc1ccccc1Cc1ncc(Cc2c[nH]c3ncc(Cl)cc23)cn1. The highest BCUT2D eigenvalue weighted by molar-refractivity contribution is 6.31. The van der Waals surface area contributed by atoms with Gasteiger partial charge in [0, 0.05) is 48.6 Å². The average Bonchev–Trinajstić information content (AvgIpc) is 3.06. The Morgan fingerprint density at radius 3 is 2.62 bits per heavy atom. The molecule has 4 rings (SSSR count). The number of aromatic amines is 1. The largest absolute Gasteiger partial charge is 0.496 e. The normalized spacial score (nSPS) is 11.0. The van der Waals surface area contributed by atoms with Gasteiger partial charge in [-0.05, 0) is 23.3 Å². The number of aromatic nitrogens is 4. The van der Waals surface area contributed by atoms with E-state index in [1.807, 2.05) is 48.9 Å². The number of nitrogens with zero attached hydrogens (tertiary/aromatic N) is 3. The van der Waals surface area contributed by atoms with Crippen molar-refractivity contribution in [1.29, 1.82) is 0 Å². The van der Waals surface area contributed by atoms with E-state index in [2.05, 4.69) is 19.9 Å². The molecule has 0 saturated heterocycles. The molecule has 0 saturated carbocycles. The van der Waals surface area contributed by atoms with Gasteiger partial charge in [-0.3, -0.25) is 0 Å². The zero-order chi connectivity index (χ0) is 17.9. The summed E-state index contributed by atoms with van der Waals surface area (Å²) in [6, 6.07) is 9.84. The number of H-pyrrole nitrogens is 1. The number of methoxy groups -OCH3 is 1. The lowest BCUT2D eigenvalue weighted by atomic mass is 10.1. The molecule has 3 heterocycles. The van der Waals surface area contributed by atoms with Crippen molar-refractivity contribution in [2.24, 2.45) is 0 Å². The Morgan fingerprint density at radius 1 is 1.00 bits per heavy atom. The first-order valence-electron chi connectivity index (χ1n) is 8.26. The van der Waals surface area contributed by atoms with Gasteiger partial charge in [0.25, 0.3) is 0 Å². The molecule has 130 valence electrons. The second-order valence-electron chi connectivity index (χ2n) is 6.04. The maximum absolute atomic E-state index is 6.06. The Labute approximate surface area is 156 Å². The Hall–Kier alpha value is -2.92. The van der Waals surface area contributed by atoms with E-state index in [0.717, 1.165) is 45.7 Å². The van der Waals surface area contributed by atoms with Crippen molar-refractivity contribution in [3.63, 3.8) is 0 Å². The van der Waals surface area contributed by atoms with E-state index >= 15 is 0 Å². The summed E-state index contributed by atoms with van der Waals surface area (Å²) >= 11 is 6.06. The fourth-order valence-electron chi connectivity index (χ4n) is 2.98. The standard InChI is InChI=1S/C20H17ClN4O/c1-26-18-5-3-2-4-14(18)7-19-22-9-13(10-23-19)6-15-11-24-20-17(15)8-16(21)12-25-20/h2-5,8-12H,6-7H2,1H3,(H,24,25). The summed E-state index contributed by atoms with van der Waals surface area (Å²) in [5.74, 6) is 1.62. The van der Waals surface area contributed by atoms with Crippen molar-refractivity contribution in [3.05, 3.63) is 82.7 Å². The monoisotopic (exact) mass is 364 g/mol. The first kappa shape index (κ1) is 16.5. The summed E-state index contributed by atoms with van der Waals surface area (Å²) in [5.41, 5.74) is 4.06. The summed E-state index contributed by atoms with van der Waals surface area (Å²) in [6.07, 6.45) is 8.69. The molecule has 1 aromatic carbocycles. The lowest BCUT2D eigenvalue weighted by molar-refractivity contribution is 0.410. The molecule has 0 amide bonds. The van der Waals surface area contributed by atoms with Gasteiger partial charge in [-0.2, -0.15) is 0 Å². The van der Waals surface area contributed by atoms with E-state index in [9.17, 15) is 0 Å². The minimum absolute atomic E-state index is 0.627. The third kappa shape index (κ3) is 3.39. The van der Waals surface area contributed by atoms with Crippen LogP contribution >= 0.6 is 11.6 Å². The molecule has 0 aliphatic rings. The zero-order valence-corrected chi connectivity index (χ0v) is 15.0. The molecule has 0 aliphatic heterocycles. The third-order valence-corrected chi connectivity index (χ3v) is 4.48. The van der Waals surface area contributed by atoms with Crippen LogP contribution in [-0.2, 0) is 12.8 Å². The number of hydrogen-bond acceptors (Lipinski definition) is 4. The van der Waals surface area contributed by atoms with Crippen LogP contribution in [0.25, 0.3) is 11.0 Å². The minimum Gasteiger partial charge on any atom is -0.496 e. The highest BCUT2D eigenvalue weighted by Crippen LogP contribution is 2.23. The average molecular weight is 365 g/mol. The predicted molar refractivity (Wildman–Crippen MR) is 102 cm³/mol. The van der Waals surface area contributed by atoms with Crippen molar-refractivity contribution in [2.75, 3.05) is 7.11 Å². The van der Waals surface area contributed by atoms with Crippen LogP contribution in [0.3, 0.4) is 0 Å². The van der Waals surface area contributed by atoms with Gasteiger partial charge in [0.2, 0.25) is 0 Å². The molecule has 0 bridgehead atoms. The summed E-state index contributed by atoms with van der Waals surface area (Å²) < 4.78 is 5.39. The van der Waals surface area contributed by atoms with Gasteiger partial charge < -0.3 is 9.72 Å². The summed E-state index contributed by atoms with van der Waals surface area (Å²) in [7, 11) is 1.67. The Bertz CT molecular complexity index is 1040. The first-order chi connectivity index (χ1) is 12.7. The third-order valence-electron chi connectivity index (χ3n) is 4.28. The smallest absolute Gasteiger partial charge is 0.137 e. The number of nitrogens with one attached hydrogen (secondary N) is 1. The van der Waals surface area contributed by atoms with Crippen LogP contribution in [-0.4, -0.2) is 27.0 Å². The second kappa shape index (κ2) is 7.14. The Kier molecular flexibility index (Phi) is 4.54. The maximum atomic E-state index is 6.06. The van der Waals surface area contributed by atoms with Crippen LogP contribution in [0.15, 0.2) is 55.1 Å². The van der Waals surface area contributed by atoms with Crippen LogP contribution < -0.4 is 4.74 Å². The molecule has 4 aromatic rings. The van der Waals surface area contributed by atoms with Gasteiger partial charge in [-0.15, -0.1) is 0 Å². The molecule has 5 nitrogen and oxygen atoms in total. The molecule has 1 N–H and O–H groups in total. The van der Waals surface area contributed by atoms with Gasteiger partial charge in [0.05, 0.1) is 12.1 Å². The van der Waals surface area contributed by atoms with Crippen LogP contribution in [0.5, 0.6) is 5.75 Å². The van der Waals surface area contributed by atoms with Gasteiger partial charge in [-0.25, -0.2) is 15.0 Å². The summed E-state index contributed by atoms with van der Waals surface area (Å²) in [4.78, 5) is 16.5. The van der Waals surface area contributed by atoms with E-state index in [-0.39, 0.29) is 0 Å². The van der Waals surface area contributed by atoms with Gasteiger partial charge in [-0.1, -0.05) is 29.8 Å². The summed E-state index contributed by atoms with van der Waals surface area (Å²) in [6.45, 7) is 0. The van der Waals surface area contributed by atoms with Gasteiger partial charge in [0.15, 0.2) is 0 Å². The molecular formula is C20H17ClN4O. The summed E-state index contributed by atoms with van der Waals surface area (Å²) in [5, 5.41) is 1.65. The van der Waals surface area contributed by atoms with Gasteiger partial charge >= 0.3 is 0 Å². The second-order valence-corrected chi connectivity index (χ2v) is 6.47. The number of benzene rings is 1. The predicted octanol–water partition coefficient (Wildman–Crippen LogP) is 4.20. The van der Waals surface area contributed by atoms with Crippen molar-refractivity contribution in [2.45, 2.75) is 12.8 Å². The van der Waals surface area contributed by atoms with Crippen LogP contribution in [0.4, 0.5) is 0 Å². The van der Waals surface area contributed by atoms with Crippen molar-refractivity contribution in [3.8, 4) is 5.75 Å². The van der Waals surface area contributed by atoms with Crippen molar-refractivity contribution in [1.82, 2.24) is 19.9 Å². The van der Waals surface area contributed by atoms with E-state index in [1.165, 1.54) is 0 Å². The highest BCUT2D eigenvalue weighted by atomic mass is 35.5.